The summed E-state index contributed by atoms with van der Waals surface area (Å²) in [4.78, 5) is 2.25. The Balaban J connectivity index is 1.12. The average Bonchev–Trinajstić information content (AvgIpc) is 3.46. The van der Waals surface area contributed by atoms with Crippen LogP contribution in [0.1, 0.15) is 27.8 Å². The van der Waals surface area contributed by atoms with Crippen LogP contribution in [0.3, 0.4) is 0 Å². The van der Waals surface area contributed by atoms with Crippen LogP contribution >= 0.6 is 0 Å². The predicted octanol–water partition coefficient (Wildman–Crippen LogP) is 10.7. The lowest BCUT2D eigenvalue weighted by molar-refractivity contribution is 1.14. The summed E-state index contributed by atoms with van der Waals surface area (Å²) in [6, 6.07) is 56.5. The summed E-state index contributed by atoms with van der Waals surface area (Å²) in [5.74, 6) is 0. The van der Waals surface area contributed by atoms with Crippen LogP contribution in [0.25, 0.3) is 11.1 Å². The first kappa shape index (κ1) is 31.5. The van der Waals surface area contributed by atoms with Crippen molar-refractivity contribution in [2.75, 3.05) is 4.90 Å². The summed E-state index contributed by atoms with van der Waals surface area (Å²) in [5, 5.41) is 10.5. The quantitative estimate of drug-likeness (QED) is 0.0865. The van der Waals surface area contributed by atoms with Gasteiger partial charge in [-0.05, 0) is 75.8 Å². The number of hydrogen-bond acceptors (Lipinski definition) is 3. The summed E-state index contributed by atoms with van der Waals surface area (Å²) in [7, 11) is -3.53. The first-order valence-electron chi connectivity index (χ1n) is 16.7. The molecule has 3 nitrogen and oxygen atoms in total. The van der Waals surface area contributed by atoms with Crippen molar-refractivity contribution in [1.82, 2.24) is 0 Å². The summed E-state index contributed by atoms with van der Waals surface area (Å²) < 4.78 is 0. The molecule has 0 aliphatic heterocycles. The van der Waals surface area contributed by atoms with E-state index in [1.54, 1.807) is 5.19 Å². The van der Waals surface area contributed by atoms with E-state index in [0.717, 1.165) is 28.2 Å². The molecule has 0 heterocycles. The normalized spacial score (nSPS) is 14.3. The molecule has 0 N–H and O–H groups in total. The lowest BCUT2D eigenvalue weighted by Crippen LogP contribution is -2.65. The third-order valence-corrected chi connectivity index (χ3v) is 28.9. The highest BCUT2D eigenvalue weighted by Crippen LogP contribution is 2.51. The molecule has 1 unspecified atom stereocenters. The van der Waals surface area contributed by atoms with Crippen molar-refractivity contribution in [3.8, 4) is 11.1 Å². The molecule has 0 saturated heterocycles. The Morgan fingerprint density at radius 2 is 0.958 bits per heavy atom. The molecule has 6 aromatic carbocycles. The number of para-hydroxylation sites is 2. The molecule has 7 rings (SSSR count). The second-order valence-corrected chi connectivity index (χ2v) is 29.1. The van der Waals surface area contributed by atoms with Crippen molar-refractivity contribution < 1.29 is 0 Å². The monoisotopic (exact) mass is 655 g/mol. The molecule has 1 atom stereocenters. The summed E-state index contributed by atoms with van der Waals surface area (Å²) in [6.07, 6.45) is 3.69. The number of fused-ring (bicyclic) bond motifs is 3. The minimum atomic E-state index is -1.80. The van der Waals surface area contributed by atoms with Gasteiger partial charge >= 0.3 is 0 Å². The van der Waals surface area contributed by atoms with Gasteiger partial charge in [-0.25, -0.2) is 0 Å². The third-order valence-electron chi connectivity index (χ3n) is 10.4. The van der Waals surface area contributed by atoms with Crippen LogP contribution < -0.4 is 10.1 Å². The minimum absolute atomic E-state index is 0.470. The van der Waals surface area contributed by atoms with Gasteiger partial charge in [0.2, 0.25) is 0 Å². The van der Waals surface area contributed by atoms with E-state index in [4.69, 9.17) is 0 Å². The number of rotatable bonds is 9. The fraction of sp³-hybridized carbons (Fsp3) is 0.116. The largest absolute Gasteiger partial charge is 0.311 e. The fourth-order valence-electron chi connectivity index (χ4n) is 7.18. The Kier molecular flexibility index (Phi) is 8.65. The van der Waals surface area contributed by atoms with Crippen molar-refractivity contribution in [3.05, 3.63) is 180 Å². The zero-order valence-corrected chi connectivity index (χ0v) is 30.1. The standard InChI is InChI=1S/C43H41N3Si2/c1-47(2,38-20-12-7-13-21-38)48(3,4)43-40-23-15-14-22-39(40)42-30-34(26-29-41(42)43)32-45-44-31-33-24-27-37(28-25-33)46(35-16-8-5-9-17-35)36-18-10-6-11-19-36/h5-32,43H,1-4H3/b44-31+,45-32+. The van der Waals surface area contributed by atoms with Crippen molar-refractivity contribution >= 4 is 49.9 Å². The van der Waals surface area contributed by atoms with E-state index >= 15 is 0 Å². The molecule has 1 aliphatic rings. The van der Waals surface area contributed by atoms with Crippen LogP contribution in [-0.4, -0.2) is 27.6 Å². The Bertz CT molecular complexity index is 2030. The SMILES string of the molecule is C[Si](C)(c1ccccc1)[Si](C)(C)C1c2ccccc2-c2cc(/C=N/N=C/c3ccc(N(c4ccccc4)c4ccccc4)cc3)ccc21. The molecular weight excluding hydrogens is 615 g/mol. The highest BCUT2D eigenvalue weighted by molar-refractivity contribution is 7.46. The summed E-state index contributed by atoms with van der Waals surface area (Å²) >= 11 is 0. The Morgan fingerprint density at radius 1 is 0.479 bits per heavy atom. The van der Waals surface area contributed by atoms with E-state index in [-0.39, 0.29) is 0 Å². The third kappa shape index (κ3) is 5.92. The van der Waals surface area contributed by atoms with Crippen LogP contribution in [0.2, 0.25) is 26.2 Å². The molecule has 5 heteroatoms. The molecule has 236 valence electrons. The maximum Gasteiger partial charge on any atom is 0.0749 e. The van der Waals surface area contributed by atoms with Crippen molar-refractivity contribution in [3.63, 3.8) is 0 Å². The van der Waals surface area contributed by atoms with Gasteiger partial charge in [-0.15, -0.1) is 0 Å². The average molecular weight is 656 g/mol. The molecular formula is C43H41N3Si2. The first-order chi connectivity index (χ1) is 23.3. The van der Waals surface area contributed by atoms with Gasteiger partial charge in [0.05, 0.1) is 27.6 Å². The molecule has 0 radical (unpaired) electrons. The molecule has 0 saturated carbocycles. The Morgan fingerprint density at radius 3 is 1.58 bits per heavy atom. The van der Waals surface area contributed by atoms with E-state index in [1.165, 1.54) is 22.3 Å². The van der Waals surface area contributed by atoms with Crippen LogP contribution in [-0.2, 0) is 0 Å². The molecule has 48 heavy (non-hydrogen) atoms. The van der Waals surface area contributed by atoms with E-state index in [0.29, 0.717) is 5.54 Å². The van der Waals surface area contributed by atoms with Crippen LogP contribution in [0.15, 0.2) is 168 Å². The van der Waals surface area contributed by atoms with E-state index < -0.39 is 15.2 Å². The van der Waals surface area contributed by atoms with Gasteiger partial charge in [-0.2, -0.15) is 10.2 Å². The summed E-state index contributed by atoms with van der Waals surface area (Å²) in [5.41, 5.74) is 11.5. The molecule has 0 fully saturated rings. The zero-order valence-electron chi connectivity index (χ0n) is 28.1. The van der Waals surface area contributed by atoms with Crippen molar-refractivity contribution in [1.29, 1.82) is 0 Å². The molecule has 6 aromatic rings. The first-order valence-corrected chi connectivity index (χ1v) is 23.8. The van der Waals surface area contributed by atoms with Crippen LogP contribution in [0.4, 0.5) is 17.1 Å². The van der Waals surface area contributed by atoms with Gasteiger partial charge in [0, 0.05) is 22.6 Å². The predicted molar refractivity (Wildman–Crippen MR) is 211 cm³/mol. The van der Waals surface area contributed by atoms with E-state index in [2.05, 4.69) is 187 Å². The van der Waals surface area contributed by atoms with Crippen LogP contribution in [0, 0.1) is 0 Å². The summed E-state index contributed by atoms with van der Waals surface area (Å²) in [6.45, 7) is 10.4. The van der Waals surface area contributed by atoms with Gasteiger partial charge in [0.25, 0.3) is 0 Å². The van der Waals surface area contributed by atoms with Gasteiger partial charge in [0.15, 0.2) is 0 Å². The fourth-order valence-corrected chi connectivity index (χ4v) is 17.6. The molecule has 0 aromatic heterocycles. The van der Waals surface area contributed by atoms with Gasteiger partial charge in [-0.1, -0.05) is 147 Å². The lowest BCUT2D eigenvalue weighted by Gasteiger charge is -2.44. The zero-order chi connectivity index (χ0) is 33.1. The van der Waals surface area contributed by atoms with Crippen LogP contribution in [0.5, 0.6) is 0 Å². The molecule has 0 spiro atoms. The maximum atomic E-state index is 4.47. The van der Waals surface area contributed by atoms with E-state index in [1.807, 2.05) is 24.6 Å². The second kappa shape index (κ2) is 13.2. The van der Waals surface area contributed by atoms with Crippen molar-refractivity contribution in [2.24, 2.45) is 10.2 Å². The molecule has 0 amide bonds. The number of benzene rings is 6. The highest BCUT2D eigenvalue weighted by Gasteiger charge is 2.51. The van der Waals surface area contributed by atoms with Crippen molar-refractivity contribution in [2.45, 2.75) is 31.7 Å². The lowest BCUT2D eigenvalue weighted by atomic mass is 10.0. The van der Waals surface area contributed by atoms with E-state index in [9.17, 15) is 0 Å². The maximum absolute atomic E-state index is 4.47. The van der Waals surface area contributed by atoms with Gasteiger partial charge in [-0.3, -0.25) is 0 Å². The number of nitrogens with zero attached hydrogens (tertiary/aromatic N) is 3. The highest BCUT2D eigenvalue weighted by atomic mass is 29.3. The van der Waals surface area contributed by atoms with Gasteiger partial charge in [0.1, 0.15) is 0 Å². The second-order valence-electron chi connectivity index (χ2n) is 13.7. The molecule has 1 aliphatic carbocycles. The minimum Gasteiger partial charge on any atom is -0.311 e. The Labute approximate surface area is 286 Å². The van der Waals surface area contributed by atoms with Gasteiger partial charge < -0.3 is 4.90 Å². The number of hydrogen-bond donors (Lipinski definition) is 0. The Hall–Kier alpha value is -5.11. The smallest absolute Gasteiger partial charge is 0.0749 e. The molecule has 0 bridgehead atoms. The number of anilines is 3. The topological polar surface area (TPSA) is 28.0 Å².